The van der Waals surface area contributed by atoms with Gasteiger partial charge in [0, 0.05) is 51.8 Å². The summed E-state index contributed by atoms with van der Waals surface area (Å²) in [5, 5.41) is 4.92. The molecule has 1 aromatic heterocycles. The molecule has 0 saturated carbocycles. The monoisotopic (exact) mass is 474 g/mol. The molecule has 5 nitrogen and oxygen atoms in total. The van der Waals surface area contributed by atoms with Crippen LogP contribution in [0.25, 0.3) is 27.7 Å². The molecule has 1 heterocycles. The molecular weight excluding hydrogens is 447 g/mol. The number of aryl methyl sites for hydroxylation is 1. The highest BCUT2D eigenvalue weighted by Gasteiger charge is 2.20. The first-order valence-electron chi connectivity index (χ1n) is 10.5. The summed E-state index contributed by atoms with van der Waals surface area (Å²) < 4.78 is 11.9. The third-order valence-electron chi connectivity index (χ3n) is 5.18. The maximum atomic E-state index is 12.4. The Kier molecular flexibility index (Phi) is 7.88. The number of nitrogens with one attached hydrogen (secondary N) is 1. The minimum Gasteiger partial charge on any atom is -0.493 e. The van der Waals surface area contributed by atoms with Crippen molar-refractivity contribution in [3.05, 3.63) is 57.8 Å². The molecule has 0 saturated heterocycles. The van der Waals surface area contributed by atoms with Crippen LogP contribution in [0, 0.1) is 6.92 Å². The van der Waals surface area contributed by atoms with Gasteiger partial charge in [0.25, 0.3) is 0 Å². The predicted molar refractivity (Wildman–Crippen MR) is 133 cm³/mol. The lowest BCUT2D eigenvalue weighted by Crippen LogP contribution is -2.30. The van der Waals surface area contributed by atoms with Gasteiger partial charge in [-0.05, 0) is 58.6 Å². The van der Waals surface area contributed by atoms with Crippen molar-refractivity contribution >= 4 is 45.7 Å². The Morgan fingerprint density at radius 1 is 1.22 bits per heavy atom. The van der Waals surface area contributed by atoms with E-state index < -0.39 is 0 Å². The van der Waals surface area contributed by atoms with Crippen molar-refractivity contribution in [2.24, 2.45) is 0 Å². The van der Waals surface area contributed by atoms with E-state index in [0.29, 0.717) is 28.9 Å². The van der Waals surface area contributed by atoms with Gasteiger partial charge in [0.1, 0.15) is 11.3 Å². The first kappa shape index (κ1) is 24.2. The molecule has 170 valence electrons. The molecule has 0 spiro atoms. The van der Waals surface area contributed by atoms with E-state index in [1.807, 2.05) is 51.9 Å². The molecule has 1 N–H and O–H groups in total. The fourth-order valence-corrected chi connectivity index (χ4v) is 4.09. The van der Waals surface area contributed by atoms with E-state index in [1.165, 1.54) is 0 Å². The van der Waals surface area contributed by atoms with Crippen molar-refractivity contribution in [3.8, 4) is 16.9 Å². The topological polar surface area (TPSA) is 54.7 Å². The van der Waals surface area contributed by atoms with Gasteiger partial charge in [-0.15, -0.1) is 0 Å². The van der Waals surface area contributed by atoms with Crippen molar-refractivity contribution in [2.75, 3.05) is 33.8 Å². The van der Waals surface area contributed by atoms with Gasteiger partial charge in [-0.1, -0.05) is 29.3 Å². The number of likely N-dealkylation sites (N-methyl/N-ethyl adjacent to an activating group) is 1. The van der Waals surface area contributed by atoms with Gasteiger partial charge in [0.15, 0.2) is 0 Å². The Labute approximate surface area is 198 Å². The van der Waals surface area contributed by atoms with Crippen LogP contribution < -0.4 is 10.1 Å². The van der Waals surface area contributed by atoms with Crippen molar-refractivity contribution < 1.29 is 13.9 Å². The molecule has 0 unspecified atom stereocenters. The zero-order valence-corrected chi connectivity index (χ0v) is 20.5. The average molecular weight is 475 g/mol. The molecule has 1 amide bonds. The molecule has 0 radical (unpaired) electrons. The summed E-state index contributed by atoms with van der Waals surface area (Å²) in [7, 11) is 3.93. The minimum absolute atomic E-state index is 0.141. The van der Waals surface area contributed by atoms with Gasteiger partial charge in [0.2, 0.25) is 5.91 Å². The number of hydrogen-bond donors (Lipinski definition) is 1. The van der Waals surface area contributed by atoms with E-state index in [2.05, 4.69) is 5.32 Å². The number of carbonyl (C=O) groups excluding carboxylic acids is 1. The minimum atomic E-state index is -0.141. The number of amides is 1. The van der Waals surface area contributed by atoms with E-state index >= 15 is 0 Å². The smallest absolute Gasteiger partial charge is 0.244 e. The second-order valence-corrected chi connectivity index (χ2v) is 8.73. The molecule has 0 fully saturated rings. The number of nitrogens with zero attached hydrogens (tertiary/aromatic N) is 1. The summed E-state index contributed by atoms with van der Waals surface area (Å²) in [5.74, 6) is 0.565. The predicted octanol–water partition coefficient (Wildman–Crippen LogP) is 6.19. The SMILES string of the molecule is CCOc1c(/C(C)=C/C(=O)NCCN(C)C)cc2c(-c3ccc(Cl)cc3Cl)coc2c1C. The van der Waals surface area contributed by atoms with E-state index in [9.17, 15) is 4.79 Å². The molecule has 0 aliphatic heterocycles. The Morgan fingerprint density at radius 2 is 1.97 bits per heavy atom. The number of benzene rings is 2. The summed E-state index contributed by atoms with van der Waals surface area (Å²) in [6.45, 7) is 7.64. The largest absolute Gasteiger partial charge is 0.493 e. The fraction of sp³-hybridized carbons (Fsp3) is 0.320. The first-order chi connectivity index (χ1) is 15.2. The number of carbonyl (C=O) groups is 1. The normalized spacial score (nSPS) is 11.9. The second-order valence-electron chi connectivity index (χ2n) is 7.88. The van der Waals surface area contributed by atoms with Crippen LogP contribution in [0.2, 0.25) is 10.0 Å². The van der Waals surface area contributed by atoms with Crippen LogP contribution in [0.5, 0.6) is 5.75 Å². The number of ether oxygens (including phenoxy) is 1. The highest BCUT2D eigenvalue weighted by molar-refractivity contribution is 6.36. The zero-order valence-electron chi connectivity index (χ0n) is 19.0. The number of allylic oxidation sites excluding steroid dienone is 1. The lowest BCUT2D eigenvalue weighted by molar-refractivity contribution is -0.116. The molecule has 0 aliphatic carbocycles. The number of hydrogen-bond acceptors (Lipinski definition) is 4. The Hall–Kier alpha value is -2.47. The van der Waals surface area contributed by atoms with Gasteiger partial charge in [0.05, 0.1) is 17.9 Å². The number of fused-ring (bicyclic) bond motifs is 1. The lowest BCUT2D eigenvalue weighted by Gasteiger charge is -2.15. The highest BCUT2D eigenvalue weighted by atomic mass is 35.5. The van der Waals surface area contributed by atoms with Gasteiger partial charge in [-0.2, -0.15) is 0 Å². The van der Waals surface area contributed by atoms with Crippen molar-refractivity contribution in [2.45, 2.75) is 20.8 Å². The van der Waals surface area contributed by atoms with E-state index in [1.54, 1.807) is 24.5 Å². The number of halogens is 2. The van der Waals surface area contributed by atoms with Gasteiger partial charge < -0.3 is 19.4 Å². The summed E-state index contributed by atoms with van der Waals surface area (Å²) in [4.78, 5) is 14.5. The molecule has 7 heteroatoms. The zero-order chi connectivity index (χ0) is 23.4. The standard InChI is InChI=1S/C25H28Cl2N2O3/c1-6-31-24-16(3)25-20(21(14-32-25)18-8-7-17(26)12-22(18)27)13-19(24)15(2)11-23(30)28-9-10-29(4)5/h7-8,11-14H,6,9-10H2,1-5H3,(H,28,30)/b15-11+. The van der Waals surface area contributed by atoms with Crippen LogP contribution in [0.3, 0.4) is 0 Å². The van der Waals surface area contributed by atoms with E-state index in [0.717, 1.165) is 45.3 Å². The molecular formula is C25H28Cl2N2O3. The van der Waals surface area contributed by atoms with Crippen LogP contribution in [-0.2, 0) is 4.79 Å². The fourth-order valence-electron chi connectivity index (χ4n) is 3.58. The quantitative estimate of drug-likeness (QED) is 0.395. The Balaban J connectivity index is 2.09. The second kappa shape index (κ2) is 10.4. The summed E-state index contributed by atoms with van der Waals surface area (Å²) in [6, 6.07) is 7.38. The van der Waals surface area contributed by atoms with Crippen molar-refractivity contribution in [3.63, 3.8) is 0 Å². The molecule has 0 bridgehead atoms. The molecule has 0 atom stereocenters. The van der Waals surface area contributed by atoms with Gasteiger partial charge in [-0.3, -0.25) is 4.79 Å². The third-order valence-corrected chi connectivity index (χ3v) is 5.73. The van der Waals surface area contributed by atoms with Crippen molar-refractivity contribution in [1.29, 1.82) is 0 Å². The summed E-state index contributed by atoms with van der Waals surface area (Å²) >= 11 is 12.5. The van der Waals surface area contributed by atoms with Crippen LogP contribution in [0.1, 0.15) is 25.0 Å². The van der Waals surface area contributed by atoms with Gasteiger partial charge >= 0.3 is 0 Å². The van der Waals surface area contributed by atoms with Crippen molar-refractivity contribution in [1.82, 2.24) is 10.2 Å². The first-order valence-corrected chi connectivity index (χ1v) is 11.2. The van der Waals surface area contributed by atoms with Gasteiger partial charge in [-0.25, -0.2) is 0 Å². The highest BCUT2D eigenvalue weighted by Crippen LogP contribution is 2.42. The Morgan fingerprint density at radius 3 is 2.62 bits per heavy atom. The molecule has 3 rings (SSSR count). The maximum Gasteiger partial charge on any atom is 0.244 e. The molecule has 2 aromatic carbocycles. The molecule has 32 heavy (non-hydrogen) atoms. The van der Waals surface area contributed by atoms with Crippen LogP contribution in [-0.4, -0.2) is 44.6 Å². The summed E-state index contributed by atoms with van der Waals surface area (Å²) in [5.41, 5.74) is 4.92. The van der Waals surface area contributed by atoms with E-state index in [-0.39, 0.29) is 5.91 Å². The Bertz CT molecular complexity index is 1170. The third kappa shape index (κ3) is 5.29. The van der Waals surface area contributed by atoms with Crippen LogP contribution in [0.15, 0.2) is 41.0 Å². The lowest BCUT2D eigenvalue weighted by atomic mass is 9.96. The maximum absolute atomic E-state index is 12.4. The molecule has 0 aliphatic rings. The summed E-state index contributed by atoms with van der Waals surface area (Å²) in [6.07, 6.45) is 3.30. The van der Waals surface area contributed by atoms with E-state index in [4.69, 9.17) is 32.4 Å². The number of rotatable bonds is 8. The average Bonchev–Trinajstić information content (AvgIpc) is 3.13. The number of furan rings is 1. The van der Waals surface area contributed by atoms with Crippen LogP contribution in [0.4, 0.5) is 0 Å². The van der Waals surface area contributed by atoms with Crippen LogP contribution >= 0.6 is 23.2 Å². The molecule has 3 aromatic rings.